The molecule has 1 aliphatic rings. The third-order valence-corrected chi connectivity index (χ3v) is 3.68. The van der Waals surface area contributed by atoms with Gasteiger partial charge < -0.3 is 10.1 Å². The Balaban J connectivity index is 1.95. The molecule has 0 aliphatic heterocycles. The Morgan fingerprint density at radius 1 is 1.29 bits per heavy atom. The van der Waals surface area contributed by atoms with Crippen molar-refractivity contribution in [3.63, 3.8) is 0 Å². The van der Waals surface area contributed by atoms with E-state index < -0.39 is 0 Å². The minimum Gasteiger partial charge on any atom is -0.380 e. The molecule has 3 nitrogen and oxygen atoms in total. The zero-order valence-electron chi connectivity index (χ0n) is 10.7. The molecule has 0 saturated heterocycles. The lowest BCUT2D eigenvalue weighted by molar-refractivity contribution is 0.0384. The summed E-state index contributed by atoms with van der Waals surface area (Å²) in [4.78, 5) is 4.05. The quantitative estimate of drug-likeness (QED) is 0.869. The molecule has 17 heavy (non-hydrogen) atoms. The maximum Gasteiger partial charge on any atom is 0.0724 e. The Morgan fingerprint density at radius 2 is 2.00 bits per heavy atom. The van der Waals surface area contributed by atoms with E-state index in [1.807, 2.05) is 19.5 Å². The molecule has 1 aliphatic carbocycles. The fourth-order valence-corrected chi connectivity index (χ4v) is 2.64. The molecule has 2 rings (SSSR count). The first-order chi connectivity index (χ1) is 8.31. The Kier molecular flexibility index (Phi) is 4.51. The average molecular weight is 234 g/mol. The van der Waals surface area contributed by atoms with Crippen LogP contribution in [0.5, 0.6) is 0 Å². The van der Waals surface area contributed by atoms with Crippen molar-refractivity contribution in [1.29, 1.82) is 0 Å². The predicted molar refractivity (Wildman–Crippen MR) is 68.8 cm³/mol. The number of nitrogens with zero attached hydrogens (tertiary/aromatic N) is 1. The lowest BCUT2D eigenvalue weighted by atomic mass is 9.91. The molecule has 3 heteroatoms. The summed E-state index contributed by atoms with van der Waals surface area (Å²) in [7, 11) is 1.82. The van der Waals surface area contributed by atoms with Crippen LogP contribution >= 0.6 is 0 Å². The molecule has 0 bridgehead atoms. The fraction of sp³-hybridized carbons (Fsp3) is 0.643. The first-order valence-corrected chi connectivity index (χ1v) is 6.50. The van der Waals surface area contributed by atoms with E-state index in [9.17, 15) is 0 Å². The van der Waals surface area contributed by atoms with Crippen LogP contribution in [-0.4, -0.2) is 24.2 Å². The van der Waals surface area contributed by atoms with Crippen molar-refractivity contribution < 1.29 is 4.74 Å². The summed E-state index contributed by atoms with van der Waals surface area (Å²) in [5.74, 6) is 0. The number of pyridine rings is 1. The summed E-state index contributed by atoms with van der Waals surface area (Å²) in [6.07, 6.45) is 9.06. The van der Waals surface area contributed by atoms with Gasteiger partial charge in [-0.3, -0.25) is 4.98 Å². The first kappa shape index (κ1) is 12.5. The van der Waals surface area contributed by atoms with Gasteiger partial charge in [-0.05, 0) is 37.5 Å². The molecule has 1 aromatic heterocycles. The summed E-state index contributed by atoms with van der Waals surface area (Å²) < 4.78 is 5.57. The fourth-order valence-electron chi connectivity index (χ4n) is 2.64. The minimum absolute atomic E-state index is 0.360. The Bertz CT molecular complexity index is 328. The zero-order chi connectivity index (χ0) is 12.1. The van der Waals surface area contributed by atoms with Crippen molar-refractivity contribution in [2.75, 3.05) is 7.11 Å². The second kappa shape index (κ2) is 6.12. The molecule has 1 aromatic rings. The van der Waals surface area contributed by atoms with E-state index in [2.05, 4.69) is 29.4 Å². The molecular weight excluding hydrogens is 212 g/mol. The van der Waals surface area contributed by atoms with Crippen LogP contribution in [0.3, 0.4) is 0 Å². The van der Waals surface area contributed by atoms with Crippen molar-refractivity contribution in [3.05, 3.63) is 30.1 Å². The van der Waals surface area contributed by atoms with Gasteiger partial charge in [-0.15, -0.1) is 0 Å². The van der Waals surface area contributed by atoms with Gasteiger partial charge in [0.25, 0.3) is 0 Å². The molecule has 0 amide bonds. The summed E-state index contributed by atoms with van der Waals surface area (Å²) in [6, 6.07) is 4.99. The molecule has 0 radical (unpaired) electrons. The number of ether oxygens (including phenoxy) is 1. The third-order valence-electron chi connectivity index (χ3n) is 3.68. The number of nitrogens with one attached hydrogen (secondary N) is 1. The minimum atomic E-state index is 0.360. The number of methoxy groups -OCH3 is 1. The van der Waals surface area contributed by atoms with E-state index in [4.69, 9.17) is 4.74 Å². The molecule has 3 atom stereocenters. The van der Waals surface area contributed by atoms with Gasteiger partial charge in [0, 0.05) is 31.6 Å². The van der Waals surface area contributed by atoms with E-state index in [0.717, 1.165) is 0 Å². The Labute approximate surface area is 104 Å². The lowest BCUT2D eigenvalue weighted by Gasteiger charge is -2.33. The molecule has 1 heterocycles. The molecule has 0 aromatic carbocycles. The van der Waals surface area contributed by atoms with E-state index in [0.29, 0.717) is 18.2 Å². The van der Waals surface area contributed by atoms with E-state index in [1.165, 1.54) is 31.2 Å². The summed E-state index contributed by atoms with van der Waals surface area (Å²) >= 11 is 0. The van der Waals surface area contributed by atoms with Gasteiger partial charge in [-0.1, -0.05) is 12.8 Å². The van der Waals surface area contributed by atoms with Gasteiger partial charge in [-0.2, -0.15) is 0 Å². The number of rotatable bonds is 4. The van der Waals surface area contributed by atoms with Crippen molar-refractivity contribution in [2.24, 2.45) is 0 Å². The zero-order valence-corrected chi connectivity index (χ0v) is 10.7. The van der Waals surface area contributed by atoms with Crippen LogP contribution in [0.4, 0.5) is 0 Å². The van der Waals surface area contributed by atoms with Gasteiger partial charge in [-0.25, -0.2) is 0 Å². The van der Waals surface area contributed by atoms with Crippen LogP contribution in [-0.2, 0) is 4.74 Å². The number of aromatic nitrogens is 1. The van der Waals surface area contributed by atoms with Gasteiger partial charge >= 0.3 is 0 Å². The topological polar surface area (TPSA) is 34.1 Å². The predicted octanol–water partition coefficient (Wildman–Crippen LogP) is 2.69. The number of hydrogen-bond donors (Lipinski definition) is 1. The standard InChI is InChI=1S/C14H22N2O/c1-11(12-7-9-15-10-8-12)16-13-5-3-4-6-14(13)17-2/h7-11,13-14,16H,3-6H2,1-2H3. The molecule has 1 N–H and O–H groups in total. The summed E-state index contributed by atoms with van der Waals surface area (Å²) in [6.45, 7) is 2.21. The largest absolute Gasteiger partial charge is 0.380 e. The van der Waals surface area contributed by atoms with Gasteiger partial charge in [0.15, 0.2) is 0 Å². The van der Waals surface area contributed by atoms with E-state index >= 15 is 0 Å². The molecule has 0 spiro atoms. The molecule has 1 fully saturated rings. The van der Waals surface area contributed by atoms with Crippen LogP contribution in [0.2, 0.25) is 0 Å². The highest BCUT2D eigenvalue weighted by Crippen LogP contribution is 2.23. The van der Waals surface area contributed by atoms with Crippen molar-refractivity contribution in [3.8, 4) is 0 Å². The van der Waals surface area contributed by atoms with Crippen molar-refractivity contribution in [2.45, 2.75) is 50.8 Å². The highest BCUT2D eigenvalue weighted by atomic mass is 16.5. The highest BCUT2D eigenvalue weighted by molar-refractivity contribution is 5.14. The van der Waals surface area contributed by atoms with Gasteiger partial charge in [0.1, 0.15) is 0 Å². The van der Waals surface area contributed by atoms with Crippen LogP contribution in [0.25, 0.3) is 0 Å². The second-order valence-corrected chi connectivity index (χ2v) is 4.83. The second-order valence-electron chi connectivity index (χ2n) is 4.83. The summed E-state index contributed by atoms with van der Waals surface area (Å²) in [5, 5.41) is 3.68. The van der Waals surface area contributed by atoms with E-state index in [-0.39, 0.29) is 0 Å². The van der Waals surface area contributed by atoms with Crippen LogP contribution < -0.4 is 5.32 Å². The van der Waals surface area contributed by atoms with Crippen LogP contribution in [0, 0.1) is 0 Å². The summed E-state index contributed by atoms with van der Waals surface area (Å²) in [5.41, 5.74) is 1.29. The number of hydrogen-bond acceptors (Lipinski definition) is 3. The molecular formula is C14H22N2O. The Morgan fingerprint density at radius 3 is 2.71 bits per heavy atom. The van der Waals surface area contributed by atoms with Crippen LogP contribution in [0.1, 0.15) is 44.2 Å². The van der Waals surface area contributed by atoms with Crippen LogP contribution in [0.15, 0.2) is 24.5 Å². The normalized spacial score (nSPS) is 26.7. The monoisotopic (exact) mass is 234 g/mol. The molecule has 3 unspecified atom stereocenters. The third kappa shape index (κ3) is 3.27. The SMILES string of the molecule is COC1CCCCC1NC(C)c1ccncc1. The van der Waals surface area contributed by atoms with Crippen molar-refractivity contribution >= 4 is 0 Å². The lowest BCUT2D eigenvalue weighted by Crippen LogP contribution is -2.44. The van der Waals surface area contributed by atoms with Gasteiger partial charge in [0.05, 0.1) is 6.10 Å². The average Bonchev–Trinajstić information content (AvgIpc) is 2.40. The highest BCUT2D eigenvalue weighted by Gasteiger charge is 2.25. The first-order valence-electron chi connectivity index (χ1n) is 6.50. The molecule has 1 saturated carbocycles. The maximum absolute atomic E-state index is 5.57. The molecule has 94 valence electrons. The van der Waals surface area contributed by atoms with Gasteiger partial charge in [0.2, 0.25) is 0 Å². The van der Waals surface area contributed by atoms with E-state index in [1.54, 1.807) is 0 Å². The van der Waals surface area contributed by atoms with Crippen molar-refractivity contribution in [1.82, 2.24) is 10.3 Å². The Hall–Kier alpha value is -0.930. The maximum atomic E-state index is 5.57. The smallest absolute Gasteiger partial charge is 0.0724 e.